The van der Waals surface area contributed by atoms with E-state index in [9.17, 15) is 10.1 Å². The Morgan fingerprint density at radius 2 is 1.93 bits per heavy atom. The highest BCUT2D eigenvalue weighted by Gasteiger charge is 2.30. The Morgan fingerprint density at radius 3 is 2.62 bits per heavy atom. The normalized spacial score (nSPS) is 16.7. The highest BCUT2D eigenvalue weighted by Crippen LogP contribution is 2.35. The minimum absolute atomic E-state index is 0.0967. The zero-order valence-electron chi connectivity index (χ0n) is 15.6. The van der Waals surface area contributed by atoms with Gasteiger partial charge in [-0.1, -0.05) is 35.3 Å². The summed E-state index contributed by atoms with van der Waals surface area (Å²) in [6.07, 6.45) is 1.49. The second-order valence-corrected chi connectivity index (χ2v) is 7.70. The molecule has 0 bridgehead atoms. The molecule has 1 aliphatic heterocycles. The van der Waals surface area contributed by atoms with Crippen LogP contribution in [-0.4, -0.2) is 46.5 Å². The molecule has 0 radical (unpaired) electrons. The van der Waals surface area contributed by atoms with Crippen LogP contribution >= 0.6 is 23.2 Å². The Kier molecular flexibility index (Phi) is 5.27. The first-order valence-corrected chi connectivity index (χ1v) is 9.85. The van der Waals surface area contributed by atoms with E-state index in [0.717, 1.165) is 27.8 Å². The zero-order chi connectivity index (χ0) is 20.5. The quantitative estimate of drug-likeness (QED) is 0.615. The van der Waals surface area contributed by atoms with Gasteiger partial charge in [-0.05, 0) is 29.8 Å². The lowest BCUT2D eigenvalue weighted by molar-refractivity contribution is -0.130. The SMILES string of the molecule is CC(=O)N1CCN(c2ncnc3cc(Cl)c(-c4ccc(Cl)cc4)cc23)CC1C#N. The highest BCUT2D eigenvalue weighted by atomic mass is 35.5. The Balaban J connectivity index is 1.78. The Labute approximate surface area is 178 Å². The summed E-state index contributed by atoms with van der Waals surface area (Å²) < 4.78 is 0. The van der Waals surface area contributed by atoms with E-state index in [0.29, 0.717) is 29.7 Å². The Hall–Kier alpha value is -2.88. The van der Waals surface area contributed by atoms with Gasteiger partial charge < -0.3 is 9.80 Å². The van der Waals surface area contributed by atoms with E-state index in [4.69, 9.17) is 23.2 Å². The second kappa shape index (κ2) is 7.86. The van der Waals surface area contributed by atoms with Gasteiger partial charge in [-0.15, -0.1) is 0 Å². The Bertz CT molecular complexity index is 1130. The first kappa shape index (κ1) is 19.4. The number of benzene rings is 2. The third kappa shape index (κ3) is 3.71. The molecule has 146 valence electrons. The third-order valence-corrected chi connectivity index (χ3v) is 5.66. The third-order valence-electron chi connectivity index (χ3n) is 5.09. The minimum atomic E-state index is -0.519. The molecule has 1 atom stereocenters. The number of aromatic nitrogens is 2. The molecular weight excluding hydrogens is 409 g/mol. The summed E-state index contributed by atoms with van der Waals surface area (Å²) in [7, 11) is 0. The van der Waals surface area contributed by atoms with Gasteiger partial charge in [0.15, 0.2) is 0 Å². The van der Waals surface area contributed by atoms with Crippen LogP contribution in [0, 0.1) is 11.3 Å². The van der Waals surface area contributed by atoms with Gasteiger partial charge >= 0.3 is 0 Å². The number of halogens is 2. The lowest BCUT2D eigenvalue weighted by Gasteiger charge is -2.38. The summed E-state index contributed by atoms with van der Waals surface area (Å²) in [5.41, 5.74) is 2.51. The molecule has 1 aliphatic rings. The summed E-state index contributed by atoms with van der Waals surface area (Å²) in [4.78, 5) is 24.3. The van der Waals surface area contributed by atoms with Crippen molar-refractivity contribution >= 4 is 45.8 Å². The van der Waals surface area contributed by atoms with Crippen LogP contribution in [0.4, 0.5) is 5.82 Å². The van der Waals surface area contributed by atoms with Crippen LogP contribution in [0.2, 0.25) is 10.0 Å². The fraction of sp³-hybridized carbons (Fsp3) is 0.238. The maximum absolute atomic E-state index is 11.8. The molecule has 1 amide bonds. The first-order chi connectivity index (χ1) is 14.0. The highest BCUT2D eigenvalue weighted by molar-refractivity contribution is 6.34. The van der Waals surface area contributed by atoms with Crippen molar-refractivity contribution in [2.24, 2.45) is 0 Å². The van der Waals surface area contributed by atoms with Crippen molar-refractivity contribution in [3.63, 3.8) is 0 Å². The topological polar surface area (TPSA) is 73.1 Å². The number of nitriles is 1. The molecule has 3 aromatic rings. The van der Waals surface area contributed by atoms with Crippen LogP contribution in [0.15, 0.2) is 42.7 Å². The summed E-state index contributed by atoms with van der Waals surface area (Å²) in [5, 5.41) is 11.6. The van der Waals surface area contributed by atoms with Crippen LogP contribution in [0.5, 0.6) is 0 Å². The van der Waals surface area contributed by atoms with Gasteiger partial charge in [0.25, 0.3) is 0 Å². The van der Waals surface area contributed by atoms with Crippen LogP contribution < -0.4 is 4.90 Å². The van der Waals surface area contributed by atoms with Crippen LogP contribution in [0.1, 0.15) is 6.92 Å². The fourth-order valence-electron chi connectivity index (χ4n) is 3.63. The number of anilines is 1. The van der Waals surface area contributed by atoms with Crippen LogP contribution in [0.3, 0.4) is 0 Å². The van der Waals surface area contributed by atoms with E-state index in [2.05, 4.69) is 16.0 Å². The lowest BCUT2D eigenvalue weighted by atomic mass is 10.0. The smallest absolute Gasteiger partial charge is 0.220 e. The van der Waals surface area contributed by atoms with Crippen molar-refractivity contribution < 1.29 is 4.79 Å². The monoisotopic (exact) mass is 425 g/mol. The van der Waals surface area contributed by atoms with E-state index in [-0.39, 0.29) is 5.91 Å². The average molecular weight is 426 g/mol. The maximum atomic E-state index is 11.8. The molecule has 0 saturated carbocycles. The molecule has 2 heterocycles. The van der Waals surface area contributed by atoms with E-state index < -0.39 is 6.04 Å². The summed E-state index contributed by atoms with van der Waals surface area (Å²) in [5.74, 6) is 0.630. The van der Waals surface area contributed by atoms with Crippen molar-refractivity contribution in [3.8, 4) is 17.2 Å². The van der Waals surface area contributed by atoms with Crippen molar-refractivity contribution in [2.45, 2.75) is 13.0 Å². The van der Waals surface area contributed by atoms with E-state index in [1.54, 1.807) is 4.90 Å². The van der Waals surface area contributed by atoms with Gasteiger partial charge in [-0.25, -0.2) is 9.97 Å². The molecular formula is C21H17Cl2N5O. The van der Waals surface area contributed by atoms with Gasteiger partial charge in [0.1, 0.15) is 18.2 Å². The number of rotatable bonds is 2. The number of carbonyl (C=O) groups excluding carboxylic acids is 1. The van der Waals surface area contributed by atoms with Gasteiger partial charge in [0.2, 0.25) is 5.91 Å². The fourth-order valence-corrected chi connectivity index (χ4v) is 4.02. The van der Waals surface area contributed by atoms with Crippen LogP contribution in [-0.2, 0) is 4.79 Å². The number of hydrogen-bond acceptors (Lipinski definition) is 5. The number of hydrogen-bond donors (Lipinski definition) is 0. The van der Waals surface area contributed by atoms with E-state index in [1.807, 2.05) is 41.3 Å². The van der Waals surface area contributed by atoms with E-state index in [1.165, 1.54) is 13.3 Å². The number of fused-ring (bicyclic) bond motifs is 1. The molecule has 29 heavy (non-hydrogen) atoms. The molecule has 4 rings (SSSR count). The summed E-state index contributed by atoms with van der Waals surface area (Å²) >= 11 is 12.5. The minimum Gasteiger partial charge on any atom is -0.351 e. The van der Waals surface area contributed by atoms with E-state index >= 15 is 0 Å². The molecule has 1 saturated heterocycles. The van der Waals surface area contributed by atoms with Crippen molar-refractivity contribution in [3.05, 3.63) is 52.8 Å². The van der Waals surface area contributed by atoms with Crippen molar-refractivity contribution in [2.75, 3.05) is 24.5 Å². The second-order valence-electron chi connectivity index (χ2n) is 6.86. The molecule has 6 nitrogen and oxygen atoms in total. The van der Waals surface area contributed by atoms with Gasteiger partial charge in [0, 0.05) is 36.0 Å². The maximum Gasteiger partial charge on any atom is 0.220 e. The number of amides is 1. The predicted octanol–water partition coefficient (Wildman–Crippen LogP) is 4.16. The summed E-state index contributed by atoms with van der Waals surface area (Å²) in [6.45, 7) is 2.93. The predicted molar refractivity (Wildman–Crippen MR) is 114 cm³/mol. The molecule has 8 heteroatoms. The number of carbonyl (C=O) groups is 1. The zero-order valence-corrected chi connectivity index (χ0v) is 17.2. The van der Waals surface area contributed by atoms with Gasteiger partial charge in [0.05, 0.1) is 23.2 Å². The average Bonchev–Trinajstić information content (AvgIpc) is 2.73. The first-order valence-electron chi connectivity index (χ1n) is 9.10. The van der Waals surface area contributed by atoms with Gasteiger partial charge in [-0.3, -0.25) is 4.79 Å². The molecule has 0 spiro atoms. The van der Waals surface area contributed by atoms with Crippen molar-refractivity contribution in [1.29, 1.82) is 5.26 Å². The molecule has 0 aliphatic carbocycles. The largest absolute Gasteiger partial charge is 0.351 e. The number of nitrogens with zero attached hydrogens (tertiary/aromatic N) is 5. The molecule has 0 N–H and O–H groups in total. The number of piperazine rings is 1. The molecule has 1 fully saturated rings. The lowest BCUT2D eigenvalue weighted by Crippen LogP contribution is -2.54. The molecule has 1 unspecified atom stereocenters. The standard InChI is InChI=1S/C21H17Cl2N5O/c1-13(29)28-7-6-27(11-16(28)10-24)21-18-8-17(14-2-4-15(22)5-3-14)19(23)9-20(18)25-12-26-21/h2-5,8-9,12,16H,6-7,11H2,1H3. The Morgan fingerprint density at radius 1 is 1.17 bits per heavy atom. The molecule has 2 aromatic carbocycles. The van der Waals surface area contributed by atoms with Crippen LogP contribution in [0.25, 0.3) is 22.0 Å². The van der Waals surface area contributed by atoms with Crippen molar-refractivity contribution in [1.82, 2.24) is 14.9 Å². The molecule has 1 aromatic heterocycles. The summed E-state index contributed by atoms with van der Waals surface area (Å²) in [6, 6.07) is 12.9. The van der Waals surface area contributed by atoms with Gasteiger partial charge in [-0.2, -0.15) is 5.26 Å².